The highest BCUT2D eigenvalue weighted by Gasteiger charge is 2.24. The molecule has 16 heavy (non-hydrogen) atoms. The van der Waals surface area contributed by atoms with E-state index in [2.05, 4.69) is 0 Å². The number of hydrogen-bond acceptors (Lipinski definition) is 3. The molecule has 0 aliphatic carbocycles. The fraction of sp³-hybridized carbons (Fsp3) is 0.364. The molecule has 0 radical (unpaired) electrons. The first-order valence-corrected chi connectivity index (χ1v) is 5.62. The second-order valence-electron chi connectivity index (χ2n) is 3.43. The number of ether oxygens (including phenoxy) is 2. The summed E-state index contributed by atoms with van der Waals surface area (Å²) in [5.41, 5.74) is 0.491. The second-order valence-corrected chi connectivity index (χ2v) is 4.24. The van der Waals surface area contributed by atoms with Gasteiger partial charge in [-0.2, -0.15) is 0 Å². The lowest BCUT2D eigenvalue weighted by atomic mass is 10.1. The van der Waals surface area contributed by atoms with Crippen LogP contribution in [0.2, 0.25) is 10.0 Å². The van der Waals surface area contributed by atoms with Crippen molar-refractivity contribution in [3.63, 3.8) is 0 Å². The fourth-order valence-corrected chi connectivity index (χ4v) is 1.77. The van der Waals surface area contributed by atoms with E-state index in [0.29, 0.717) is 35.4 Å². The summed E-state index contributed by atoms with van der Waals surface area (Å²) in [5, 5.41) is 0.795. The third-order valence-electron chi connectivity index (χ3n) is 2.31. The van der Waals surface area contributed by atoms with Gasteiger partial charge >= 0.3 is 0 Å². The van der Waals surface area contributed by atoms with Crippen molar-refractivity contribution in [2.24, 2.45) is 0 Å². The topological polar surface area (TPSA) is 35.5 Å². The molecular weight excluding hydrogens is 251 g/mol. The number of Topliss-reactive ketones (excluding diaryl/α,β-unsaturated/α-hetero) is 1. The largest absolute Gasteiger partial charge is 0.376 e. The molecule has 0 bridgehead atoms. The highest BCUT2D eigenvalue weighted by molar-refractivity contribution is 6.42. The maximum atomic E-state index is 12.0. The SMILES string of the molecule is O=C(c1ccc(Cl)c(Cl)c1)C1COCCO1. The maximum absolute atomic E-state index is 12.0. The summed E-state index contributed by atoms with van der Waals surface area (Å²) in [7, 11) is 0. The van der Waals surface area contributed by atoms with Crippen molar-refractivity contribution in [1.29, 1.82) is 0 Å². The lowest BCUT2D eigenvalue weighted by molar-refractivity contribution is -0.0719. The fourth-order valence-electron chi connectivity index (χ4n) is 1.47. The highest BCUT2D eigenvalue weighted by Crippen LogP contribution is 2.23. The Balaban J connectivity index is 2.16. The Labute approximate surface area is 103 Å². The van der Waals surface area contributed by atoms with E-state index < -0.39 is 6.10 Å². The normalized spacial score (nSPS) is 20.8. The molecule has 1 aromatic rings. The van der Waals surface area contributed by atoms with Crippen LogP contribution < -0.4 is 0 Å². The molecule has 0 N–H and O–H groups in total. The molecule has 3 nitrogen and oxygen atoms in total. The average molecular weight is 261 g/mol. The Morgan fingerprint density at radius 2 is 2.06 bits per heavy atom. The smallest absolute Gasteiger partial charge is 0.193 e. The zero-order chi connectivity index (χ0) is 11.5. The zero-order valence-corrected chi connectivity index (χ0v) is 9.92. The molecule has 1 saturated heterocycles. The van der Waals surface area contributed by atoms with Crippen LogP contribution in [0.15, 0.2) is 18.2 Å². The first-order valence-electron chi connectivity index (χ1n) is 4.87. The molecule has 1 heterocycles. The summed E-state index contributed by atoms with van der Waals surface area (Å²) in [5.74, 6) is -0.127. The van der Waals surface area contributed by atoms with Crippen LogP contribution in [0.1, 0.15) is 10.4 Å². The molecule has 2 rings (SSSR count). The van der Waals surface area contributed by atoms with Gasteiger partial charge in [-0.3, -0.25) is 4.79 Å². The standard InChI is InChI=1S/C11H10Cl2O3/c12-8-2-1-7(5-9(8)13)11(14)10-6-15-3-4-16-10/h1-2,5,10H,3-4,6H2. The number of benzene rings is 1. The van der Waals surface area contributed by atoms with Crippen LogP contribution in [0.25, 0.3) is 0 Å². The van der Waals surface area contributed by atoms with Crippen LogP contribution in [0.3, 0.4) is 0 Å². The Hall–Kier alpha value is -0.610. The van der Waals surface area contributed by atoms with Crippen LogP contribution in [0, 0.1) is 0 Å². The van der Waals surface area contributed by atoms with Gasteiger partial charge in [0.05, 0.1) is 29.9 Å². The van der Waals surface area contributed by atoms with Crippen LogP contribution in [0.4, 0.5) is 0 Å². The van der Waals surface area contributed by atoms with E-state index >= 15 is 0 Å². The molecule has 0 saturated carbocycles. The number of hydrogen-bond donors (Lipinski definition) is 0. The van der Waals surface area contributed by atoms with Crippen LogP contribution in [-0.4, -0.2) is 31.7 Å². The van der Waals surface area contributed by atoms with E-state index in [9.17, 15) is 4.79 Å². The minimum absolute atomic E-state index is 0.127. The summed E-state index contributed by atoms with van der Waals surface area (Å²) < 4.78 is 10.5. The van der Waals surface area contributed by atoms with E-state index in [1.165, 1.54) is 0 Å². The molecule has 0 aromatic heterocycles. The Morgan fingerprint density at radius 3 is 2.69 bits per heavy atom. The Bertz CT molecular complexity index is 400. The van der Waals surface area contributed by atoms with Crippen molar-refractivity contribution in [2.75, 3.05) is 19.8 Å². The van der Waals surface area contributed by atoms with Gasteiger partial charge in [0.25, 0.3) is 0 Å². The van der Waals surface area contributed by atoms with Crippen LogP contribution in [0.5, 0.6) is 0 Å². The maximum Gasteiger partial charge on any atom is 0.193 e. The van der Waals surface area contributed by atoms with E-state index in [1.54, 1.807) is 18.2 Å². The van der Waals surface area contributed by atoms with Gasteiger partial charge in [0.1, 0.15) is 6.10 Å². The van der Waals surface area contributed by atoms with Crippen LogP contribution in [-0.2, 0) is 9.47 Å². The Kier molecular flexibility index (Phi) is 3.82. The minimum atomic E-state index is -0.536. The number of carbonyl (C=O) groups is 1. The summed E-state index contributed by atoms with van der Waals surface area (Å²) >= 11 is 11.6. The summed E-state index contributed by atoms with van der Waals surface area (Å²) in [6.07, 6.45) is -0.536. The second kappa shape index (κ2) is 5.15. The molecule has 1 aromatic carbocycles. The van der Waals surface area contributed by atoms with E-state index in [0.717, 1.165) is 0 Å². The van der Waals surface area contributed by atoms with Gasteiger partial charge in [-0.15, -0.1) is 0 Å². The van der Waals surface area contributed by atoms with Crippen molar-refractivity contribution < 1.29 is 14.3 Å². The molecule has 1 atom stereocenters. The van der Waals surface area contributed by atoms with Crippen molar-refractivity contribution in [3.05, 3.63) is 33.8 Å². The number of rotatable bonds is 2. The van der Waals surface area contributed by atoms with E-state index in [4.69, 9.17) is 32.7 Å². The van der Waals surface area contributed by atoms with Gasteiger partial charge in [0, 0.05) is 5.56 Å². The molecule has 5 heteroatoms. The molecule has 1 unspecified atom stereocenters. The predicted octanol–water partition coefficient (Wildman–Crippen LogP) is 2.59. The van der Waals surface area contributed by atoms with Gasteiger partial charge in [0.2, 0.25) is 0 Å². The first-order chi connectivity index (χ1) is 7.68. The van der Waals surface area contributed by atoms with Gasteiger partial charge in [-0.25, -0.2) is 0 Å². The van der Waals surface area contributed by atoms with Crippen molar-refractivity contribution >= 4 is 29.0 Å². The third-order valence-corrected chi connectivity index (χ3v) is 3.05. The number of carbonyl (C=O) groups excluding carboxylic acids is 1. The Morgan fingerprint density at radius 1 is 1.25 bits per heavy atom. The summed E-state index contributed by atoms with van der Waals surface area (Å²) in [6, 6.07) is 4.78. The summed E-state index contributed by atoms with van der Waals surface area (Å²) in [6.45, 7) is 1.27. The molecule has 0 amide bonds. The molecule has 1 fully saturated rings. The van der Waals surface area contributed by atoms with Gasteiger partial charge < -0.3 is 9.47 Å². The van der Waals surface area contributed by atoms with Crippen molar-refractivity contribution in [2.45, 2.75) is 6.10 Å². The van der Waals surface area contributed by atoms with Gasteiger partial charge in [-0.05, 0) is 18.2 Å². The first kappa shape index (κ1) is 11.9. The van der Waals surface area contributed by atoms with E-state index in [-0.39, 0.29) is 5.78 Å². The predicted molar refractivity (Wildman–Crippen MR) is 61.4 cm³/mol. The molecule has 1 aliphatic rings. The average Bonchev–Trinajstić information content (AvgIpc) is 2.33. The molecule has 86 valence electrons. The van der Waals surface area contributed by atoms with Crippen LogP contribution >= 0.6 is 23.2 Å². The third kappa shape index (κ3) is 2.55. The van der Waals surface area contributed by atoms with Crippen molar-refractivity contribution in [3.8, 4) is 0 Å². The summed E-state index contributed by atoms with van der Waals surface area (Å²) in [4.78, 5) is 12.0. The highest BCUT2D eigenvalue weighted by atomic mass is 35.5. The van der Waals surface area contributed by atoms with Gasteiger partial charge in [-0.1, -0.05) is 23.2 Å². The lowest BCUT2D eigenvalue weighted by Crippen LogP contribution is -2.35. The number of ketones is 1. The monoisotopic (exact) mass is 260 g/mol. The zero-order valence-electron chi connectivity index (χ0n) is 8.41. The van der Waals surface area contributed by atoms with E-state index in [1.807, 2.05) is 0 Å². The van der Waals surface area contributed by atoms with Crippen molar-refractivity contribution in [1.82, 2.24) is 0 Å². The van der Waals surface area contributed by atoms with Gasteiger partial charge in [0.15, 0.2) is 5.78 Å². The molecular formula is C11H10Cl2O3. The molecule has 1 aliphatic heterocycles. The number of halogens is 2. The minimum Gasteiger partial charge on any atom is -0.376 e. The molecule has 0 spiro atoms. The lowest BCUT2D eigenvalue weighted by Gasteiger charge is -2.21. The quantitative estimate of drug-likeness (QED) is 0.767.